The second kappa shape index (κ2) is 11.1. The highest BCUT2D eigenvalue weighted by atomic mass is 35.5. The molecule has 3 N–H and O–H groups in total. The lowest BCUT2D eigenvalue weighted by molar-refractivity contribution is -0.131. The Morgan fingerprint density at radius 1 is 1.22 bits per heavy atom. The van der Waals surface area contributed by atoms with E-state index in [4.69, 9.17) is 22.1 Å². The summed E-state index contributed by atoms with van der Waals surface area (Å²) in [6.45, 7) is 4.07. The molecule has 1 saturated heterocycles. The van der Waals surface area contributed by atoms with Crippen LogP contribution in [0.25, 0.3) is 11.1 Å². The van der Waals surface area contributed by atoms with Gasteiger partial charge in [0.15, 0.2) is 0 Å². The van der Waals surface area contributed by atoms with Crippen molar-refractivity contribution in [3.8, 4) is 16.9 Å². The Labute approximate surface area is 194 Å². The summed E-state index contributed by atoms with van der Waals surface area (Å²) < 4.78 is 33.5. The Bertz CT molecular complexity index is 1040. The highest BCUT2D eigenvalue weighted by molar-refractivity contribution is 7.89. The number of nitrogens with two attached hydrogens (primary N) is 1. The first-order valence-electron chi connectivity index (χ1n) is 10.8. The van der Waals surface area contributed by atoms with Crippen LogP contribution >= 0.6 is 11.6 Å². The van der Waals surface area contributed by atoms with Gasteiger partial charge < -0.3 is 15.4 Å². The van der Waals surface area contributed by atoms with Crippen LogP contribution in [-0.4, -0.2) is 52.0 Å². The molecular formula is C23H30ClN3O4S. The molecule has 1 aliphatic heterocycles. The average Bonchev–Trinajstić information content (AvgIpc) is 2.79. The first-order valence-corrected chi connectivity index (χ1v) is 12.7. The van der Waals surface area contributed by atoms with Gasteiger partial charge in [-0.25, -0.2) is 13.1 Å². The van der Waals surface area contributed by atoms with Gasteiger partial charge in [0.1, 0.15) is 5.75 Å². The molecule has 2 aromatic carbocycles. The molecular weight excluding hydrogens is 450 g/mol. The number of rotatable bonds is 9. The summed E-state index contributed by atoms with van der Waals surface area (Å²) in [5, 5.41) is 0.465. The minimum atomic E-state index is -3.86. The number of carbonyl (C=O) groups excluding carboxylic acids is 1. The van der Waals surface area contributed by atoms with Crippen molar-refractivity contribution in [1.29, 1.82) is 0 Å². The van der Waals surface area contributed by atoms with Crippen molar-refractivity contribution in [3.63, 3.8) is 0 Å². The van der Waals surface area contributed by atoms with Crippen molar-refractivity contribution in [2.24, 2.45) is 11.7 Å². The van der Waals surface area contributed by atoms with Gasteiger partial charge in [-0.2, -0.15) is 0 Å². The second-order valence-electron chi connectivity index (χ2n) is 7.83. The number of hydrogen-bond acceptors (Lipinski definition) is 5. The lowest BCUT2D eigenvalue weighted by atomic mass is 9.93. The predicted molar refractivity (Wildman–Crippen MR) is 126 cm³/mol. The van der Waals surface area contributed by atoms with E-state index in [0.29, 0.717) is 54.1 Å². The molecule has 1 heterocycles. The zero-order valence-electron chi connectivity index (χ0n) is 18.2. The summed E-state index contributed by atoms with van der Waals surface area (Å²) >= 11 is 6.38. The van der Waals surface area contributed by atoms with Gasteiger partial charge >= 0.3 is 0 Å². The Kier molecular flexibility index (Phi) is 8.53. The fourth-order valence-electron chi connectivity index (χ4n) is 3.88. The highest BCUT2D eigenvalue weighted by Gasteiger charge is 2.24. The molecule has 0 bridgehead atoms. The lowest BCUT2D eigenvalue weighted by Gasteiger charge is -2.32. The summed E-state index contributed by atoms with van der Waals surface area (Å²) in [6, 6.07) is 11.8. The van der Waals surface area contributed by atoms with Crippen LogP contribution in [0.3, 0.4) is 0 Å². The molecule has 0 unspecified atom stereocenters. The van der Waals surface area contributed by atoms with Gasteiger partial charge in [-0.1, -0.05) is 23.7 Å². The maximum Gasteiger partial charge on any atom is 0.241 e. The standard InChI is InChI=1S/C23H30ClN3O4S/c1-2-31-19-6-7-21(22(24)15-19)18-4-3-5-20(14-18)32(29,30)26-16-23(28)27-12-9-17(8-11-25)10-13-27/h3-7,14-15,17,26H,2,8-13,16,25H2,1H3. The van der Waals surface area contributed by atoms with Crippen molar-refractivity contribution in [2.45, 2.75) is 31.1 Å². The van der Waals surface area contributed by atoms with Crippen LogP contribution in [0.2, 0.25) is 5.02 Å². The van der Waals surface area contributed by atoms with Crippen molar-refractivity contribution in [2.75, 3.05) is 32.8 Å². The molecule has 0 atom stereocenters. The molecule has 0 saturated carbocycles. The minimum absolute atomic E-state index is 0.0782. The quantitative estimate of drug-likeness (QED) is 0.574. The number of benzene rings is 2. The normalized spacial score (nSPS) is 15.0. The van der Waals surface area contributed by atoms with Crippen LogP contribution in [-0.2, 0) is 14.8 Å². The molecule has 0 aliphatic carbocycles. The lowest BCUT2D eigenvalue weighted by Crippen LogP contribution is -2.44. The number of halogens is 1. The molecule has 174 valence electrons. The number of nitrogens with one attached hydrogen (secondary N) is 1. The monoisotopic (exact) mass is 479 g/mol. The summed E-state index contributed by atoms with van der Waals surface area (Å²) in [6.07, 6.45) is 2.77. The highest BCUT2D eigenvalue weighted by Crippen LogP contribution is 2.32. The van der Waals surface area contributed by atoms with E-state index < -0.39 is 10.0 Å². The molecule has 3 rings (SSSR count). The molecule has 1 amide bonds. The summed E-state index contributed by atoms with van der Waals surface area (Å²) in [7, 11) is -3.86. The van der Waals surface area contributed by atoms with E-state index in [-0.39, 0.29) is 17.3 Å². The number of carbonyl (C=O) groups is 1. The number of ether oxygens (including phenoxy) is 1. The topological polar surface area (TPSA) is 102 Å². The van der Waals surface area contributed by atoms with Gasteiger partial charge in [0.2, 0.25) is 15.9 Å². The molecule has 2 aromatic rings. The second-order valence-corrected chi connectivity index (χ2v) is 10.0. The number of amides is 1. The van der Waals surface area contributed by atoms with Crippen molar-refractivity contribution < 1.29 is 17.9 Å². The van der Waals surface area contributed by atoms with E-state index in [9.17, 15) is 13.2 Å². The molecule has 1 fully saturated rings. The van der Waals surface area contributed by atoms with E-state index in [1.807, 2.05) is 6.92 Å². The summed E-state index contributed by atoms with van der Waals surface area (Å²) in [4.78, 5) is 14.3. The maximum atomic E-state index is 12.8. The zero-order valence-corrected chi connectivity index (χ0v) is 19.8. The van der Waals surface area contributed by atoms with Crippen molar-refractivity contribution >= 4 is 27.5 Å². The molecule has 9 heteroatoms. The van der Waals surface area contributed by atoms with Crippen LogP contribution in [0, 0.1) is 5.92 Å². The van der Waals surface area contributed by atoms with Crippen molar-refractivity contribution in [1.82, 2.24) is 9.62 Å². The number of piperidine rings is 1. The Hall–Kier alpha value is -2.13. The Balaban J connectivity index is 1.66. The molecule has 0 radical (unpaired) electrons. The van der Waals surface area contributed by atoms with Gasteiger partial charge in [0.25, 0.3) is 0 Å². The van der Waals surface area contributed by atoms with Gasteiger partial charge in [-0.15, -0.1) is 0 Å². The van der Waals surface area contributed by atoms with Crippen LogP contribution in [0.5, 0.6) is 5.75 Å². The van der Waals surface area contributed by atoms with Crippen LogP contribution < -0.4 is 15.2 Å². The third-order valence-corrected chi connectivity index (χ3v) is 7.37. The first kappa shape index (κ1) is 24.5. The van der Waals surface area contributed by atoms with Gasteiger partial charge in [-0.05, 0) is 74.5 Å². The van der Waals surface area contributed by atoms with Gasteiger partial charge in [0, 0.05) is 18.7 Å². The molecule has 1 aliphatic rings. The number of likely N-dealkylation sites (tertiary alicyclic amines) is 1. The van der Waals surface area contributed by atoms with Gasteiger partial charge in [-0.3, -0.25) is 4.79 Å². The van der Waals surface area contributed by atoms with Crippen molar-refractivity contribution in [3.05, 3.63) is 47.5 Å². The SMILES string of the molecule is CCOc1ccc(-c2cccc(S(=O)(=O)NCC(=O)N3CCC(CCN)CC3)c2)c(Cl)c1. The predicted octanol–water partition coefficient (Wildman–Crippen LogP) is 3.27. The van der Waals surface area contributed by atoms with E-state index >= 15 is 0 Å². The van der Waals surface area contributed by atoms with E-state index in [2.05, 4.69) is 4.72 Å². The fourth-order valence-corrected chi connectivity index (χ4v) is 5.18. The molecule has 7 nitrogen and oxygen atoms in total. The minimum Gasteiger partial charge on any atom is -0.494 e. The van der Waals surface area contributed by atoms with E-state index in [1.165, 1.54) is 6.07 Å². The number of nitrogens with zero attached hydrogens (tertiary/aromatic N) is 1. The van der Waals surface area contributed by atoms with E-state index in [0.717, 1.165) is 19.3 Å². The Morgan fingerprint density at radius 3 is 2.62 bits per heavy atom. The average molecular weight is 480 g/mol. The van der Waals surface area contributed by atoms with Crippen LogP contribution in [0.15, 0.2) is 47.4 Å². The summed E-state index contributed by atoms with van der Waals surface area (Å²) in [5.41, 5.74) is 6.97. The van der Waals surface area contributed by atoms with Crippen LogP contribution in [0.4, 0.5) is 0 Å². The third-order valence-electron chi connectivity index (χ3n) is 5.66. The van der Waals surface area contributed by atoms with Crippen LogP contribution in [0.1, 0.15) is 26.2 Å². The Morgan fingerprint density at radius 2 is 1.97 bits per heavy atom. The number of sulfonamides is 1. The largest absolute Gasteiger partial charge is 0.494 e. The molecule has 32 heavy (non-hydrogen) atoms. The maximum absolute atomic E-state index is 12.8. The van der Waals surface area contributed by atoms with Gasteiger partial charge in [0.05, 0.1) is 23.1 Å². The third kappa shape index (κ3) is 6.22. The first-order chi connectivity index (χ1) is 15.3. The summed E-state index contributed by atoms with van der Waals surface area (Å²) in [5.74, 6) is 0.973. The molecule has 0 spiro atoms. The smallest absolute Gasteiger partial charge is 0.241 e. The number of hydrogen-bond donors (Lipinski definition) is 2. The fraction of sp³-hybridized carbons (Fsp3) is 0.435. The molecule has 0 aromatic heterocycles. The van der Waals surface area contributed by atoms with E-state index in [1.54, 1.807) is 41.3 Å². The zero-order chi connectivity index (χ0) is 23.1.